The van der Waals surface area contributed by atoms with Crippen LogP contribution in [0.1, 0.15) is 27.3 Å². The Labute approximate surface area is 155 Å². The molecule has 0 fully saturated rings. The Morgan fingerprint density at radius 3 is 2.69 bits per heavy atom. The summed E-state index contributed by atoms with van der Waals surface area (Å²) < 4.78 is 15.1. The van der Waals surface area contributed by atoms with Crippen molar-refractivity contribution in [3.05, 3.63) is 58.7 Å². The Hall–Kier alpha value is -2.61. The van der Waals surface area contributed by atoms with Crippen molar-refractivity contribution in [2.45, 2.75) is 32.0 Å². The maximum Gasteiger partial charge on any atom is 0.216 e. The van der Waals surface area contributed by atoms with Crippen LogP contribution in [0.3, 0.4) is 0 Å². The third-order valence-electron chi connectivity index (χ3n) is 4.23. The summed E-state index contributed by atoms with van der Waals surface area (Å²) in [4.78, 5) is 16.5. The highest BCUT2D eigenvalue weighted by Crippen LogP contribution is 2.20. The Kier molecular flexibility index (Phi) is 5.41. The molecule has 0 radical (unpaired) electrons. The van der Waals surface area contributed by atoms with Crippen molar-refractivity contribution in [2.75, 3.05) is 11.5 Å². The average Bonchev–Trinajstić information content (AvgIpc) is 3.16. The van der Waals surface area contributed by atoms with Gasteiger partial charge in [-0.2, -0.15) is 4.98 Å². The van der Waals surface area contributed by atoms with E-state index in [1.54, 1.807) is 12.1 Å². The van der Waals surface area contributed by atoms with Crippen LogP contribution in [-0.2, 0) is 13.0 Å². The van der Waals surface area contributed by atoms with Gasteiger partial charge in [0.25, 0.3) is 0 Å². The highest BCUT2D eigenvalue weighted by molar-refractivity contribution is 7.99. The molecule has 8 heteroatoms. The standard InChI is InChI=1S/C18H20FN5OS/c1-11-9-15(16(25)10-26-18-21-17(20)22-23-18)12(2)24(11)8-7-13-3-5-14(19)6-4-13/h3-6,9H,7-8,10H2,1-2H3,(H3,20,21,22,23). The molecule has 0 aliphatic rings. The molecule has 0 spiro atoms. The molecular formula is C18H20FN5OS. The fourth-order valence-electron chi connectivity index (χ4n) is 2.85. The molecule has 0 unspecified atom stereocenters. The van der Waals surface area contributed by atoms with Crippen molar-refractivity contribution in [3.63, 3.8) is 0 Å². The minimum absolute atomic E-state index is 0.0273. The predicted octanol–water partition coefficient (Wildman–Crippen LogP) is 3.16. The maximum absolute atomic E-state index is 13.0. The lowest BCUT2D eigenvalue weighted by Crippen LogP contribution is -2.08. The van der Waals surface area contributed by atoms with E-state index in [0.717, 1.165) is 29.9 Å². The highest BCUT2D eigenvalue weighted by atomic mass is 32.2. The summed E-state index contributed by atoms with van der Waals surface area (Å²) in [6.07, 6.45) is 0.773. The fraction of sp³-hybridized carbons (Fsp3) is 0.278. The number of anilines is 1. The number of nitrogens with one attached hydrogen (secondary N) is 1. The minimum atomic E-state index is -0.236. The number of thioether (sulfide) groups is 1. The number of H-pyrrole nitrogens is 1. The molecule has 3 aromatic rings. The Bertz CT molecular complexity index is 916. The van der Waals surface area contributed by atoms with E-state index in [1.165, 1.54) is 23.9 Å². The molecule has 2 heterocycles. The molecule has 3 N–H and O–H groups in total. The zero-order chi connectivity index (χ0) is 18.7. The number of halogens is 1. The minimum Gasteiger partial charge on any atom is -0.368 e. The number of carbonyl (C=O) groups is 1. The van der Waals surface area contributed by atoms with Gasteiger partial charge >= 0.3 is 0 Å². The van der Waals surface area contributed by atoms with Crippen LogP contribution in [0.15, 0.2) is 35.5 Å². The molecule has 2 aromatic heterocycles. The molecule has 0 bridgehead atoms. The van der Waals surface area contributed by atoms with Crippen LogP contribution in [0.2, 0.25) is 0 Å². The van der Waals surface area contributed by atoms with E-state index in [2.05, 4.69) is 19.7 Å². The van der Waals surface area contributed by atoms with Crippen LogP contribution in [-0.4, -0.2) is 31.3 Å². The molecular weight excluding hydrogens is 353 g/mol. The lowest BCUT2D eigenvalue weighted by atomic mass is 10.1. The smallest absolute Gasteiger partial charge is 0.216 e. The highest BCUT2D eigenvalue weighted by Gasteiger charge is 2.16. The van der Waals surface area contributed by atoms with Crippen LogP contribution < -0.4 is 5.73 Å². The zero-order valence-electron chi connectivity index (χ0n) is 14.6. The topological polar surface area (TPSA) is 89.6 Å². The molecule has 3 rings (SSSR count). The Morgan fingerprint density at radius 2 is 2.04 bits per heavy atom. The first-order valence-corrected chi connectivity index (χ1v) is 9.17. The molecule has 1 aromatic carbocycles. The third kappa shape index (κ3) is 4.13. The van der Waals surface area contributed by atoms with E-state index in [1.807, 2.05) is 19.9 Å². The molecule has 6 nitrogen and oxygen atoms in total. The Balaban J connectivity index is 1.66. The van der Waals surface area contributed by atoms with E-state index in [4.69, 9.17) is 5.73 Å². The molecule has 136 valence electrons. The van der Waals surface area contributed by atoms with Crippen molar-refractivity contribution in [1.29, 1.82) is 0 Å². The van der Waals surface area contributed by atoms with E-state index in [0.29, 0.717) is 10.7 Å². The number of ketones is 1. The monoisotopic (exact) mass is 373 g/mol. The second-order valence-corrected chi connectivity index (χ2v) is 6.97. The van der Waals surface area contributed by atoms with Crippen molar-refractivity contribution >= 4 is 23.5 Å². The molecule has 0 aliphatic heterocycles. The number of hydrogen-bond acceptors (Lipinski definition) is 5. The first-order valence-electron chi connectivity index (χ1n) is 8.19. The van der Waals surface area contributed by atoms with Crippen molar-refractivity contribution in [2.24, 2.45) is 0 Å². The van der Waals surface area contributed by atoms with Crippen molar-refractivity contribution in [3.8, 4) is 0 Å². The SMILES string of the molecule is Cc1cc(C(=O)CSc2n[nH]c(N)n2)c(C)n1CCc1ccc(F)cc1. The van der Waals surface area contributed by atoms with Gasteiger partial charge in [-0.1, -0.05) is 23.9 Å². The summed E-state index contributed by atoms with van der Waals surface area (Å²) in [7, 11) is 0. The van der Waals surface area contributed by atoms with Gasteiger partial charge in [0.05, 0.1) is 5.75 Å². The number of benzene rings is 1. The summed E-state index contributed by atoms with van der Waals surface area (Å²) in [5.41, 5.74) is 9.21. The number of nitrogen functional groups attached to an aromatic ring is 1. The van der Waals surface area contributed by atoms with E-state index < -0.39 is 0 Å². The van der Waals surface area contributed by atoms with Crippen LogP contribution in [0.25, 0.3) is 0 Å². The first-order chi connectivity index (χ1) is 12.4. The second-order valence-electron chi connectivity index (χ2n) is 6.03. The number of rotatable bonds is 7. The van der Waals surface area contributed by atoms with Crippen molar-refractivity contribution in [1.82, 2.24) is 19.7 Å². The molecule has 0 aliphatic carbocycles. The van der Waals surface area contributed by atoms with Gasteiger partial charge in [0, 0.05) is 23.5 Å². The predicted molar refractivity (Wildman–Crippen MR) is 99.9 cm³/mol. The van der Waals surface area contributed by atoms with Crippen LogP contribution in [0.5, 0.6) is 0 Å². The van der Waals surface area contributed by atoms with Gasteiger partial charge in [0.2, 0.25) is 11.1 Å². The zero-order valence-corrected chi connectivity index (χ0v) is 15.4. The lowest BCUT2D eigenvalue weighted by molar-refractivity contribution is 0.102. The van der Waals surface area contributed by atoms with E-state index in [-0.39, 0.29) is 23.3 Å². The number of carbonyl (C=O) groups excluding carboxylic acids is 1. The molecule has 0 saturated heterocycles. The molecule has 0 amide bonds. The van der Waals surface area contributed by atoms with Gasteiger partial charge < -0.3 is 10.3 Å². The van der Waals surface area contributed by atoms with Gasteiger partial charge in [-0.25, -0.2) is 9.49 Å². The Morgan fingerprint density at radius 1 is 1.31 bits per heavy atom. The molecule has 0 saturated carbocycles. The van der Waals surface area contributed by atoms with Crippen LogP contribution >= 0.6 is 11.8 Å². The summed E-state index contributed by atoms with van der Waals surface area (Å²) in [6, 6.07) is 8.41. The normalized spacial score (nSPS) is 11.0. The van der Waals surface area contributed by atoms with Crippen LogP contribution in [0, 0.1) is 19.7 Å². The lowest BCUT2D eigenvalue weighted by Gasteiger charge is -2.10. The van der Waals surface area contributed by atoms with Crippen molar-refractivity contribution < 1.29 is 9.18 Å². The largest absolute Gasteiger partial charge is 0.368 e. The number of aryl methyl sites for hydroxylation is 2. The summed E-state index contributed by atoms with van der Waals surface area (Å²) in [6.45, 7) is 4.67. The van der Waals surface area contributed by atoms with E-state index in [9.17, 15) is 9.18 Å². The summed E-state index contributed by atoms with van der Waals surface area (Å²) in [5, 5.41) is 6.92. The number of aromatic nitrogens is 4. The van der Waals surface area contributed by atoms with Crippen LogP contribution in [0.4, 0.5) is 10.3 Å². The number of nitrogens with two attached hydrogens (primary N) is 1. The second kappa shape index (κ2) is 7.74. The van der Waals surface area contributed by atoms with Gasteiger partial charge in [-0.3, -0.25) is 4.79 Å². The van der Waals surface area contributed by atoms with Gasteiger partial charge in [-0.05, 0) is 44.0 Å². The third-order valence-corrected chi connectivity index (χ3v) is 5.07. The number of Topliss-reactive ketones (excluding diaryl/α,β-unsaturated/α-hetero) is 1. The molecule has 26 heavy (non-hydrogen) atoms. The quantitative estimate of drug-likeness (QED) is 0.490. The number of hydrogen-bond donors (Lipinski definition) is 2. The maximum atomic E-state index is 13.0. The van der Waals surface area contributed by atoms with E-state index >= 15 is 0 Å². The fourth-order valence-corrected chi connectivity index (χ4v) is 3.54. The average molecular weight is 373 g/mol. The van der Waals surface area contributed by atoms with Gasteiger partial charge in [0.15, 0.2) is 5.78 Å². The molecule has 0 atom stereocenters. The van der Waals surface area contributed by atoms with Gasteiger partial charge in [-0.15, -0.1) is 5.10 Å². The number of nitrogens with zero attached hydrogens (tertiary/aromatic N) is 3. The first kappa shape index (κ1) is 18.2. The summed E-state index contributed by atoms with van der Waals surface area (Å²) in [5.74, 6) is 0.276. The summed E-state index contributed by atoms with van der Waals surface area (Å²) >= 11 is 1.25. The number of aromatic amines is 1. The van der Waals surface area contributed by atoms with Gasteiger partial charge in [0.1, 0.15) is 5.82 Å².